The number of fused-ring (bicyclic) bond motifs is 3. The highest BCUT2D eigenvalue weighted by Gasteiger charge is 2.29. The summed E-state index contributed by atoms with van der Waals surface area (Å²) in [4.78, 5) is 40.4. The number of likely N-dealkylation sites (N-methyl/N-ethyl adjacent to an activating group) is 1. The van der Waals surface area contributed by atoms with E-state index in [-0.39, 0.29) is 31.4 Å². The van der Waals surface area contributed by atoms with Gasteiger partial charge in [0.25, 0.3) is 0 Å². The van der Waals surface area contributed by atoms with Crippen LogP contribution in [0.15, 0.2) is 66.9 Å². The summed E-state index contributed by atoms with van der Waals surface area (Å²) >= 11 is 0. The molecule has 0 radical (unpaired) electrons. The molecule has 3 aromatic rings. The molecule has 4 rings (SSSR count). The van der Waals surface area contributed by atoms with Crippen LogP contribution in [0.4, 0.5) is 10.5 Å². The second-order valence-corrected chi connectivity index (χ2v) is 7.81. The Morgan fingerprint density at radius 2 is 1.64 bits per heavy atom. The van der Waals surface area contributed by atoms with Gasteiger partial charge in [-0.2, -0.15) is 0 Å². The number of pyridine rings is 1. The minimum atomic E-state index is -1.08. The monoisotopic (exact) mass is 445 g/mol. The number of anilines is 1. The summed E-state index contributed by atoms with van der Waals surface area (Å²) in [5, 5.41) is 11.4. The highest BCUT2D eigenvalue weighted by Crippen LogP contribution is 2.44. The number of nitrogens with zero attached hydrogens (tertiary/aromatic N) is 2. The van der Waals surface area contributed by atoms with Crippen LogP contribution in [0.1, 0.15) is 22.7 Å². The summed E-state index contributed by atoms with van der Waals surface area (Å²) in [6.07, 6.45) is 0.805. The first kappa shape index (κ1) is 22.0. The maximum absolute atomic E-state index is 12.4. The molecule has 2 N–H and O–H groups in total. The molecule has 8 heteroatoms. The van der Waals surface area contributed by atoms with Crippen LogP contribution in [0.5, 0.6) is 0 Å². The molecule has 2 aromatic carbocycles. The molecule has 33 heavy (non-hydrogen) atoms. The number of amides is 2. The number of carboxylic acids is 1. The molecule has 0 aliphatic heterocycles. The van der Waals surface area contributed by atoms with Gasteiger partial charge in [-0.1, -0.05) is 48.5 Å². The minimum absolute atomic E-state index is 0.0301. The molecule has 1 heterocycles. The number of hydrogen-bond acceptors (Lipinski definition) is 5. The normalized spacial score (nSPS) is 11.9. The summed E-state index contributed by atoms with van der Waals surface area (Å²) in [7, 11) is 1.42. The van der Waals surface area contributed by atoms with Gasteiger partial charge >= 0.3 is 12.1 Å². The Hall–Kier alpha value is -4.20. The molecule has 0 spiro atoms. The van der Waals surface area contributed by atoms with Gasteiger partial charge in [-0.05, 0) is 34.4 Å². The van der Waals surface area contributed by atoms with Crippen molar-refractivity contribution in [1.82, 2.24) is 9.88 Å². The van der Waals surface area contributed by atoms with E-state index in [0.717, 1.165) is 27.2 Å². The molecule has 1 aliphatic carbocycles. The third-order valence-electron chi connectivity index (χ3n) is 5.55. The molecule has 2 amide bonds. The van der Waals surface area contributed by atoms with E-state index < -0.39 is 12.1 Å². The smallest absolute Gasteiger partial charge is 0.411 e. The number of nitrogens with one attached hydrogen (secondary N) is 1. The van der Waals surface area contributed by atoms with E-state index in [1.807, 2.05) is 24.3 Å². The van der Waals surface area contributed by atoms with Gasteiger partial charge in [-0.25, -0.2) is 4.79 Å². The Morgan fingerprint density at radius 1 is 1.00 bits per heavy atom. The lowest BCUT2D eigenvalue weighted by Crippen LogP contribution is -2.33. The maximum atomic E-state index is 12.4. The van der Waals surface area contributed by atoms with Crippen LogP contribution >= 0.6 is 0 Å². The molecule has 1 aromatic heterocycles. The largest absolute Gasteiger partial charge is 0.480 e. The lowest BCUT2D eigenvalue weighted by Gasteiger charge is -2.15. The predicted molar refractivity (Wildman–Crippen MR) is 122 cm³/mol. The number of aliphatic carboxylic acids is 1. The molecular weight excluding hydrogens is 422 g/mol. The number of carbonyl (C=O) groups is 3. The summed E-state index contributed by atoms with van der Waals surface area (Å²) in [6, 6.07) is 19.4. The SMILES string of the molecule is CN(CC(=O)O)C(=O)Cc1ccc(NC(=O)OCC2c3ccccc3-c3ccccc32)cn1. The number of benzene rings is 2. The van der Waals surface area contributed by atoms with E-state index in [4.69, 9.17) is 9.84 Å². The van der Waals surface area contributed by atoms with Crippen LogP contribution in [-0.2, 0) is 20.7 Å². The van der Waals surface area contributed by atoms with E-state index >= 15 is 0 Å². The van der Waals surface area contributed by atoms with E-state index in [0.29, 0.717) is 11.4 Å². The van der Waals surface area contributed by atoms with Crippen molar-refractivity contribution in [3.63, 3.8) is 0 Å². The zero-order chi connectivity index (χ0) is 23.4. The number of hydrogen-bond donors (Lipinski definition) is 2. The van der Waals surface area contributed by atoms with E-state index in [1.165, 1.54) is 13.2 Å². The molecule has 0 unspecified atom stereocenters. The van der Waals surface area contributed by atoms with Crippen molar-refractivity contribution < 1.29 is 24.2 Å². The van der Waals surface area contributed by atoms with Crippen molar-refractivity contribution in [1.29, 1.82) is 0 Å². The number of ether oxygens (including phenoxy) is 1. The van der Waals surface area contributed by atoms with Gasteiger partial charge in [0.1, 0.15) is 13.2 Å². The summed E-state index contributed by atoms with van der Waals surface area (Å²) in [5.74, 6) is -1.47. The van der Waals surface area contributed by atoms with Crippen LogP contribution in [0.3, 0.4) is 0 Å². The van der Waals surface area contributed by atoms with Crippen molar-refractivity contribution in [3.05, 3.63) is 83.7 Å². The van der Waals surface area contributed by atoms with Crippen molar-refractivity contribution in [3.8, 4) is 11.1 Å². The van der Waals surface area contributed by atoms with Gasteiger partial charge in [-0.15, -0.1) is 0 Å². The number of aromatic nitrogens is 1. The fraction of sp³-hybridized carbons (Fsp3) is 0.200. The maximum Gasteiger partial charge on any atom is 0.411 e. The van der Waals surface area contributed by atoms with Crippen LogP contribution in [0.2, 0.25) is 0 Å². The first-order valence-corrected chi connectivity index (χ1v) is 10.4. The molecule has 0 bridgehead atoms. The Morgan fingerprint density at radius 3 is 2.21 bits per heavy atom. The fourth-order valence-electron chi connectivity index (χ4n) is 3.94. The van der Waals surface area contributed by atoms with Gasteiger partial charge in [0, 0.05) is 18.7 Å². The van der Waals surface area contributed by atoms with Crippen LogP contribution in [-0.4, -0.2) is 53.2 Å². The summed E-state index contributed by atoms with van der Waals surface area (Å²) < 4.78 is 5.51. The highest BCUT2D eigenvalue weighted by molar-refractivity contribution is 5.85. The van der Waals surface area contributed by atoms with E-state index in [9.17, 15) is 14.4 Å². The van der Waals surface area contributed by atoms with E-state index in [1.54, 1.807) is 12.1 Å². The highest BCUT2D eigenvalue weighted by atomic mass is 16.5. The van der Waals surface area contributed by atoms with Crippen molar-refractivity contribution in [2.24, 2.45) is 0 Å². The molecule has 168 valence electrons. The quantitative estimate of drug-likeness (QED) is 0.576. The zero-order valence-electron chi connectivity index (χ0n) is 18.0. The Kier molecular flexibility index (Phi) is 6.35. The van der Waals surface area contributed by atoms with Gasteiger partial charge < -0.3 is 14.7 Å². The average Bonchev–Trinajstić information content (AvgIpc) is 3.12. The summed E-state index contributed by atoms with van der Waals surface area (Å²) in [6.45, 7) is -0.171. The minimum Gasteiger partial charge on any atom is -0.480 e. The third-order valence-corrected chi connectivity index (χ3v) is 5.55. The Labute approximate surface area is 190 Å². The number of carbonyl (C=O) groups excluding carboxylic acids is 2. The zero-order valence-corrected chi connectivity index (χ0v) is 18.0. The lowest BCUT2D eigenvalue weighted by atomic mass is 9.98. The van der Waals surface area contributed by atoms with Gasteiger partial charge in [0.05, 0.1) is 18.3 Å². The molecule has 0 saturated carbocycles. The van der Waals surface area contributed by atoms with Gasteiger partial charge in [0.2, 0.25) is 5.91 Å². The van der Waals surface area contributed by atoms with Crippen molar-refractivity contribution in [2.75, 3.05) is 25.5 Å². The molecule has 0 atom stereocenters. The van der Waals surface area contributed by atoms with Crippen LogP contribution < -0.4 is 5.32 Å². The summed E-state index contributed by atoms with van der Waals surface area (Å²) in [5.41, 5.74) is 5.48. The van der Waals surface area contributed by atoms with Gasteiger partial charge in [0.15, 0.2) is 0 Å². The van der Waals surface area contributed by atoms with E-state index in [2.05, 4.69) is 34.6 Å². The topological polar surface area (TPSA) is 109 Å². The van der Waals surface area contributed by atoms with Crippen molar-refractivity contribution >= 4 is 23.7 Å². The second kappa shape index (κ2) is 9.52. The first-order valence-electron chi connectivity index (χ1n) is 10.4. The second-order valence-electron chi connectivity index (χ2n) is 7.81. The van der Waals surface area contributed by atoms with Crippen LogP contribution in [0, 0.1) is 0 Å². The first-order chi connectivity index (χ1) is 15.9. The molecule has 0 saturated heterocycles. The average molecular weight is 445 g/mol. The fourth-order valence-corrected chi connectivity index (χ4v) is 3.94. The molecule has 8 nitrogen and oxygen atoms in total. The van der Waals surface area contributed by atoms with Gasteiger partial charge in [-0.3, -0.25) is 19.9 Å². The predicted octanol–water partition coefficient (Wildman–Crippen LogP) is 3.53. The Bertz CT molecular complexity index is 1150. The molecule has 1 aliphatic rings. The lowest BCUT2D eigenvalue weighted by molar-refractivity contribution is -0.143. The standard InChI is InChI=1S/C25H23N3O5/c1-28(14-24(30)31)23(29)12-16-10-11-17(13-26-16)27-25(32)33-15-22-20-8-4-2-6-18(20)19-7-3-5-9-21(19)22/h2-11,13,22H,12,14-15H2,1H3,(H,27,32)(H,30,31). The number of carboxylic acid groups (broad SMARTS) is 1. The number of rotatable bonds is 7. The third kappa shape index (κ3) is 5.01. The molecular formula is C25H23N3O5. The Balaban J connectivity index is 1.33. The van der Waals surface area contributed by atoms with Crippen molar-refractivity contribution in [2.45, 2.75) is 12.3 Å². The molecule has 0 fully saturated rings. The van der Waals surface area contributed by atoms with Crippen LogP contribution in [0.25, 0.3) is 11.1 Å².